The van der Waals surface area contributed by atoms with Gasteiger partial charge < -0.3 is 15.0 Å². The van der Waals surface area contributed by atoms with Crippen LogP contribution in [0.25, 0.3) is 0 Å². The van der Waals surface area contributed by atoms with Gasteiger partial charge >= 0.3 is 0 Å². The van der Waals surface area contributed by atoms with Crippen LogP contribution in [0.15, 0.2) is 18.3 Å². The summed E-state index contributed by atoms with van der Waals surface area (Å²) >= 11 is 0. The number of hydrogen-bond acceptors (Lipinski definition) is 4. The normalized spacial score (nSPS) is 16.7. The van der Waals surface area contributed by atoms with Crippen LogP contribution in [0, 0.1) is 11.8 Å². The summed E-state index contributed by atoms with van der Waals surface area (Å²) in [6.07, 6.45) is 4.47. The van der Waals surface area contributed by atoms with Gasteiger partial charge in [0, 0.05) is 45.0 Å². The van der Waals surface area contributed by atoms with E-state index in [2.05, 4.69) is 35.1 Å². The fourth-order valence-corrected chi connectivity index (χ4v) is 3.03. The summed E-state index contributed by atoms with van der Waals surface area (Å²) in [5.74, 6) is 2.82. The maximum atomic E-state index is 5.07. The number of nitrogens with zero attached hydrogens (tertiary/aromatic N) is 2. The zero-order valence-electron chi connectivity index (χ0n) is 13.6. The Morgan fingerprint density at radius 3 is 2.81 bits per heavy atom. The van der Waals surface area contributed by atoms with Gasteiger partial charge in [-0.1, -0.05) is 19.9 Å². The Hall–Kier alpha value is -1.13. The Morgan fingerprint density at radius 1 is 1.38 bits per heavy atom. The smallest absolute Gasteiger partial charge is 0.133 e. The topological polar surface area (TPSA) is 37.4 Å². The summed E-state index contributed by atoms with van der Waals surface area (Å²) in [6, 6.07) is 4.20. The van der Waals surface area contributed by atoms with E-state index in [4.69, 9.17) is 4.74 Å². The third-order valence-electron chi connectivity index (χ3n) is 4.45. The van der Waals surface area contributed by atoms with Crippen molar-refractivity contribution >= 4 is 5.82 Å². The van der Waals surface area contributed by atoms with Crippen molar-refractivity contribution < 1.29 is 4.74 Å². The molecule has 1 aliphatic heterocycles. The molecule has 2 rings (SSSR count). The van der Waals surface area contributed by atoms with Crippen LogP contribution in [0.1, 0.15) is 32.3 Å². The summed E-state index contributed by atoms with van der Waals surface area (Å²) in [4.78, 5) is 7.08. The van der Waals surface area contributed by atoms with E-state index in [0.717, 1.165) is 50.4 Å². The van der Waals surface area contributed by atoms with Gasteiger partial charge in [0.25, 0.3) is 0 Å². The average Bonchev–Trinajstić information content (AvgIpc) is 2.52. The largest absolute Gasteiger partial charge is 0.383 e. The monoisotopic (exact) mass is 291 g/mol. The SMILES string of the molecule is COCCNCc1cccnc1N1CCC(C(C)C)CC1. The standard InChI is InChI=1S/C17H29N3O/c1-14(2)15-6-10-20(11-7-15)17-16(5-4-8-19-17)13-18-9-12-21-3/h4-5,8,14-15,18H,6-7,9-13H2,1-3H3. The van der Waals surface area contributed by atoms with Crippen molar-refractivity contribution in [1.29, 1.82) is 0 Å². The number of pyridine rings is 1. The molecular formula is C17H29N3O. The first kappa shape index (κ1) is 16.2. The number of rotatable bonds is 7. The number of methoxy groups -OCH3 is 1. The van der Waals surface area contributed by atoms with E-state index in [0.29, 0.717) is 0 Å². The third kappa shape index (κ3) is 4.68. The molecule has 21 heavy (non-hydrogen) atoms. The fourth-order valence-electron chi connectivity index (χ4n) is 3.03. The highest BCUT2D eigenvalue weighted by atomic mass is 16.5. The summed E-state index contributed by atoms with van der Waals surface area (Å²) in [7, 11) is 1.73. The van der Waals surface area contributed by atoms with Gasteiger partial charge in [0.15, 0.2) is 0 Å². The van der Waals surface area contributed by atoms with E-state index >= 15 is 0 Å². The number of piperidine rings is 1. The van der Waals surface area contributed by atoms with Gasteiger partial charge in [0.05, 0.1) is 6.61 Å². The minimum Gasteiger partial charge on any atom is -0.383 e. The van der Waals surface area contributed by atoms with Crippen LogP contribution in [0.2, 0.25) is 0 Å². The van der Waals surface area contributed by atoms with Crippen LogP contribution in [0.4, 0.5) is 5.82 Å². The predicted octanol–water partition coefficient (Wildman–Crippen LogP) is 2.69. The first-order chi connectivity index (χ1) is 10.2. The molecule has 1 N–H and O–H groups in total. The van der Waals surface area contributed by atoms with E-state index in [1.165, 1.54) is 18.4 Å². The second kappa shape index (κ2) is 8.35. The molecule has 0 aromatic carbocycles. The van der Waals surface area contributed by atoms with Crippen molar-refractivity contribution in [2.45, 2.75) is 33.2 Å². The molecule has 0 amide bonds. The number of hydrogen-bond donors (Lipinski definition) is 1. The molecule has 1 saturated heterocycles. The van der Waals surface area contributed by atoms with Crippen LogP contribution in [0.3, 0.4) is 0 Å². The quantitative estimate of drug-likeness (QED) is 0.784. The van der Waals surface area contributed by atoms with E-state index < -0.39 is 0 Å². The van der Waals surface area contributed by atoms with E-state index in [9.17, 15) is 0 Å². The lowest BCUT2D eigenvalue weighted by Crippen LogP contribution is -2.36. The zero-order chi connectivity index (χ0) is 15.1. The third-order valence-corrected chi connectivity index (χ3v) is 4.45. The van der Waals surface area contributed by atoms with Crippen LogP contribution < -0.4 is 10.2 Å². The molecule has 0 aliphatic carbocycles. The van der Waals surface area contributed by atoms with Gasteiger partial charge in [0.1, 0.15) is 5.82 Å². The minimum absolute atomic E-state index is 0.745. The maximum absolute atomic E-state index is 5.07. The Kier molecular flexibility index (Phi) is 6.46. The lowest BCUT2D eigenvalue weighted by molar-refractivity contribution is 0.199. The Morgan fingerprint density at radius 2 is 2.14 bits per heavy atom. The molecule has 2 heterocycles. The van der Waals surface area contributed by atoms with E-state index in [1.807, 2.05) is 12.3 Å². The highest BCUT2D eigenvalue weighted by Gasteiger charge is 2.23. The molecule has 1 aliphatic rings. The van der Waals surface area contributed by atoms with Crippen LogP contribution in [-0.4, -0.2) is 38.3 Å². The van der Waals surface area contributed by atoms with Crippen molar-refractivity contribution in [3.63, 3.8) is 0 Å². The van der Waals surface area contributed by atoms with Gasteiger partial charge in [0.2, 0.25) is 0 Å². The summed E-state index contributed by atoms with van der Waals surface area (Å²) in [6.45, 7) is 9.42. The molecule has 4 heteroatoms. The molecule has 0 radical (unpaired) electrons. The molecule has 1 aromatic heterocycles. The molecule has 0 unspecified atom stereocenters. The van der Waals surface area contributed by atoms with Gasteiger partial charge in [-0.2, -0.15) is 0 Å². The van der Waals surface area contributed by atoms with Crippen LogP contribution in [0.5, 0.6) is 0 Å². The van der Waals surface area contributed by atoms with Crippen molar-refractivity contribution in [2.24, 2.45) is 11.8 Å². The summed E-state index contributed by atoms with van der Waals surface area (Å²) in [5.41, 5.74) is 1.29. The first-order valence-electron chi connectivity index (χ1n) is 8.11. The lowest BCUT2D eigenvalue weighted by atomic mass is 9.86. The molecule has 1 fully saturated rings. The van der Waals surface area contributed by atoms with Gasteiger partial charge in [-0.05, 0) is 30.7 Å². The van der Waals surface area contributed by atoms with Crippen LogP contribution in [-0.2, 0) is 11.3 Å². The minimum atomic E-state index is 0.745. The number of aromatic nitrogens is 1. The van der Waals surface area contributed by atoms with E-state index in [-0.39, 0.29) is 0 Å². The van der Waals surface area contributed by atoms with Crippen molar-refractivity contribution in [3.8, 4) is 0 Å². The predicted molar refractivity (Wildman–Crippen MR) is 87.6 cm³/mol. The lowest BCUT2D eigenvalue weighted by Gasteiger charge is -2.35. The molecule has 0 spiro atoms. The molecule has 4 nitrogen and oxygen atoms in total. The fraction of sp³-hybridized carbons (Fsp3) is 0.706. The number of nitrogens with one attached hydrogen (secondary N) is 1. The molecule has 0 saturated carbocycles. The number of ether oxygens (including phenoxy) is 1. The first-order valence-corrected chi connectivity index (χ1v) is 8.11. The zero-order valence-corrected chi connectivity index (χ0v) is 13.6. The highest BCUT2D eigenvalue weighted by Crippen LogP contribution is 2.28. The van der Waals surface area contributed by atoms with Gasteiger partial charge in [-0.3, -0.25) is 0 Å². The molecule has 1 aromatic rings. The summed E-state index contributed by atoms with van der Waals surface area (Å²) < 4.78 is 5.07. The van der Waals surface area contributed by atoms with E-state index in [1.54, 1.807) is 7.11 Å². The van der Waals surface area contributed by atoms with Crippen molar-refractivity contribution in [1.82, 2.24) is 10.3 Å². The second-order valence-electron chi connectivity index (χ2n) is 6.22. The Balaban J connectivity index is 1.93. The second-order valence-corrected chi connectivity index (χ2v) is 6.22. The van der Waals surface area contributed by atoms with Crippen molar-refractivity contribution in [3.05, 3.63) is 23.9 Å². The summed E-state index contributed by atoms with van der Waals surface area (Å²) in [5, 5.41) is 3.42. The average molecular weight is 291 g/mol. The molecular weight excluding hydrogens is 262 g/mol. The van der Waals surface area contributed by atoms with Gasteiger partial charge in [-0.25, -0.2) is 4.98 Å². The molecule has 0 atom stereocenters. The van der Waals surface area contributed by atoms with Crippen molar-refractivity contribution in [2.75, 3.05) is 38.3 Å². The van der Waals surface area contributed by atoms with Gasteiger partial charge in [-0.15, -0.1) is 0 Å². The molecule has 118 valence electrons. The highest BCUT2D eigenvalue weighted by molar-refractivity contribution is 5.47. The maximum Gasteiger partial charge on any atom is 0.133 e. The number of anilines is 1. The molecule has 0 bridgehead atoms. The van der Waals surface area contributed by atoms with Crippen LogP contribution >= 0.6 is 0 Å². The Bertz CT molecular complexity index is 414. The Labute approximate surface area is 128 Å².